The molecule has 0 heteroatoms. The van der Waals surface area contributed by atoms with Gasteiger partial charge >= 0.3 is 0 Å². The van der Waals surface area contributed by atoms with Gasteiger partial charge in [0.25, 0.3) is 0 Å². The number of hydrogen-bond donors (Lipinski definition) is 0. The summed E-state index contributed by atoms with van der Waals surface area (Å²) in [4.78, 5) is 0. The molecular weight excluding hydrogens is 336 g/mol. The maximum atomic E-state index is 2.41. The van der Waals surface area contributed by atoms with E-state index in [1.165, 1.54) is 113 Å². The van der Waals surface area contributed by atoms with E-state index in [2.05, 4.69) is 61.5 Å². The monoisotopic (exact) mass is 378 g/mol. The lowest BCUT2D eigenvalue weighted by atomic mass is 10.0. The molecule has 2 aromatic rings. The van der Waals surface area contributed by atoms with Gasteiger partial charge in [0.05, 0.1) is 0 Å². The van der Waals surface area contributed by atoms with Crippen LogP contribution in [0.15, 0.2) is 54.6 Å². The standard InChI is InChI=1S/C28H42/c1-2-3-4-5-6-7-8-9-10-11-12-13-14-15-16-17-20-26-23-24-27-21-18-19-22-28(27)25-26/h14-15,18-19,21-25H,2-13,16-17,20H2,1H3/b15-14+. The largest absolute Gasteiger partial charge is 0.0885 e. The first kappa shape index (κ1) is 22.7. The van der Waals surface area contributed by atoms with E-state index in [4.69, 9.17) is 0 Å². The molecule has 0 nitrogen and oxygen atoms in total. The highest BCUT2D eigenvalue weighted by atomic mass is 14.0. The summed E-state index contributed by atoms with van der Waals surface area (Å²) < 4.78 is 0. The Morgan fingerprint density at radius 1 is 0.571 bits per heavy atom. The van der Waals surface area contributed by atoms with Crippen molar-refractivity contribution < 1.29 is 0 Å². The maximum Gasteiger partial charge on any atom is -0.0181 e. The van der Waals surface area contributed by atoms with E-state index in [-0.39, 0.29) is 0 Å². The molecule has 0 aromatic heterocycles. The number of rotatable bonds is 16. The summed E-state index contributed by atoms with van der Waals surface area (Å²) in [7, 11) is 0. The molecule has 0 aliphatic carbocycles. The third-order valence-electron chi connectivity index (χ3n) is 5.79. The number of aryl methyl sites for hydroxylation is 1. The lowest BCUT2D eigenvalue weighted by molar-refractivity contribution is 0.550. The first-order valence-corrected chi connectivity index (χ1v) is 12.0. The van der Waals surface area contributed by atoms with E-state index in [1.807, 2.05) is 0 Å². The van der Waals surface area contributed by atoms with Crippen molar-refractivity contribution in [1.29, 1.82) is 0 Å². The summed E-state index contributed by atoms with van der Waals surface area (Å²) in [6, 6.07) is 15.5. The third kappa shape index (κ3) is 10.1. The summed E-state index contributed by atoms with van der Waals surface area (Å²) in [5.74, 6) is 0. The second kappa shape index (κ2) is 15.4. The minimum Gasteiger partial charge on any atom is -0.0885 e. The van der Waals surface area contributed by atoms with Gasteiger partial charge in [-0.15, -0.1) is 0 Å². The van der Waals surface area contributed by atoms with Gasteiger partial charge in [-0.05, 0) is 48.4 Å². The van der Waals surface area contributed by atoms with Crippen LogP contribution in [0.3, 0.4) is 0 Å². The molecule has 0 unspecified atom stereocenters. The molecular formula is C28H42. The summed E-state index contributed by atoms with van der Waals surface area (Å²) in [6.45, 7) is 2.29. The fourth-order valence-electron chi connectivity index (χ4n) is 3.98. The Kier molecular flexibility index (Phi) is 12.5. The van der Waals surface area contributed by atoms with Crippen LogP contribution in [-0.4, -0.2) is 0 Å². The van der Waals surface area contributed by atoms with Crippen molar-refractivity contribution >= 4 is 10.8 Å². The van der Waals surface area contributed by atoms with Crippen LogP contribution in [0.1, 0.15) is 102 Å². The maximum absolute atomic E-state index is 2.41. The van der Waals surface area contributed by atoms with E-state index in [0.717, 1.165) is 0 Å². The Morgan fingerprint density at radius 3 is 1.82 bits per heavy atom. The molecule has 0 spiro atoms. The normalized spacial score (nSPS) is 11.6. The zero-order valence-corrected chi connectivity index (χ0v) is 18.3. The molecule has 0 heterocycles. The molecule has 28 heavy (non-hydrogen) atoms. The highest BCUT2D eigenvalue weighted by Crippen LogP contribution is 2.17. The highest BCUT2D eigenvalue weighted by Gasteiger charge is 1.96. The minimum absolute atomic E-state index is 1.19. The summed E-state index contributed by atoms with van der Waals surface area (Å²) in [5.41, 5.74) is 1.47. The fourth-order valence-corrected chi connectivity index (χ4v) is 3.98. The van der Waals surface area contributed by atoms with Crippen molar-refractivity contribution in [2.45, 2.75) is 103 Å². The van der Waals surface area contributed by atoms with Gasteiger partial charge in [-0.2, -0.15) is 0 Å². The third-order valence-corrected chi connectivity index (χ3v) is 5.79. The first-order chi connectivity index (χ1) is 13.9. The lowest BCUT2D eigenvalue weighted by Crippen LogP contribution is -1.85. The molecule has 0 saturated heterocycles. The van der Waals surface area contributed by atoms with Gasteiger partial charge in [-0.1, -0.05) is 126 Å². The second-order valence-electron chi connectivity index (χ2n) is 8.37. The Balaban J connectivity index is 1.40. The predicted molar refractivity (Wildman–Crippen MR) is 127 cm³/mol. The van der Waals surface area contributed by atoms with E-state index in [0.29, 0.717) is 0 Å². The van der Waals surface area contributed by atoms with Crippen LogP contribution < -0.4 is 0 Å². The van der Waals surface area contributed by atoms with E-state index in [9.17, 15) is 0 Å². The fraction of sp³-hybridized carbons (Fsp3) is 0.571. The predicted octanol–water partition coefficient (Wildman–Crippen LogP) is 9.42. The van der Waals surface area contributed by atoms with Crippen LogP contribution in [0.5, 0.6) is 0 Å². The molecule has 154 valence electrons. The molecule has 0 saturated carbocycles. The number of benzene rings is 2. The molecule has 0 fully saturated rings. The number of allylic oxidation sites excluding steroid dienone is 2. The molecule has 0 radical (unpaired) electrons. The molecule has 0 N–H and O–H groups in total. The highest BCUT2D eigenvalue weighted by molar-refractivity contribution is 5.82. The van der Waals surface area contributed by atoms with Crippen molar-refractivity contribution in [3.63, 3.8) is 0 Å². The van der Waals surface area contributed by atoms with Gasteiger partial charge in [-0.25, -0.2) is 0 Å². The van der Waals surface area contributed by atoms with Crippen LogP contribution in [-0.2, 0) is 6.42 Å². The Hall–Kier alpha value is -1.56. The summed E-state index contributed by atoms with van der Waals surface area (Å²) in [5, 5.41) is 2.71. The van der Waals surface area contributed by atoms with Crippen LogP contribution >= 0.6 is 0 Å². The molecule has 0 amide bonds. The van der Waals surface area contributed by atoms with Crippen LogP contribution in [0, 0.1) is 0 Å². The van der Waals surface area contributed by atoms with Crippen LogP contribution in [0.25, 0.3) is 10.8 Å². The van der Waals surface area contributed by atoms with Gasteiger partial charge in [0.15, 0.2) is 0 Å². The van der Waals surface area contributed by atoms with E-state index >= 15 is 0 Å². The van der Waals surface area contributed by atoms with E-state index in [1.54, 1.807) is 0 Å². The van der Waals surface area contributed by atoms with E-state index < -0.39 is 0 Å². The Bertz CT molecular complexity index is 652. The van der Waals surface area contributed by atoms with Crippen molar-refractivity contribution in [2.24, 2.45) is 0 Å². The van der Waals surface area contributed by atoms with Crippen molar-refractivity contribution in [3.05, 3.63) is 60.2 Å². The summed E-state index contributed by atoms with van der Waals surface area (Å²) in [6.07, 6.45) is 25.5. The number of unbranched alkanes of at least 4 members (excludes halogenated alkanes) is 12. The average molecular weight is 379 g/mol. The quantitative estimate of drug-likeness (QED) is 0.201. The van der Waals surface area contributed by atoms with Gasteiger partial charge in [0.2, 0.25) is 0 Å². The average Bonchev–Trinajstić information content (AvgIpc) is 2.73. The smallest absolute Gasteiger partial charge is 0.0181 e. The molecule has 0 aliphatic rings. The molecule has 2 aromatic carbocycles. The van der Waals surface area contributed by atoms with Crippen LogP contribution in [0.2, 0.25) is 0 Å². The second-order valence-corrected chi connectivity index (χ2v) is 8.37. The number of hydrogen-bond acceptors (Lipinski definition) is 0. The Labute approximate surface area is 174 Å². The molecule has 0 atom stereocenters. The number of fused-ring (bicyclic) bond motifs is 1. The lowest BCUT2D eigenvalue weighted by Gasteiger charge is -2.03. The topological polar surface area (TPSA) is 0 Å². The molecule has 2 rings (SSSR count). The van der Waals surface area contributed by atoms with Gasteiger partial charge in [-0.3, -0.25) is 0 Å². The van der Waals surface area contributed by atoms with Gasteiger partial charge in [0, 0.05) is 0 Å². The summed E-state index contributed by atoms with van der Waals surface area (Å²) >= 11 is 0. The van der Waals surface area contributed by atoms with Crippen molar-refractivity contribution in [3.8, 4) is 0 Å². The molecule has 0 bridgehead atoms. The van der Waals surface area contributed by atoms with Gasteiger partial charge < -0.3 is 0 Å². The Morgan fingerprint density at radius 2 is 1.14 bits per heavy atom. The first-order valence-electron chi connectivity index (χ1n) is 12.0. The van der Waals surface area contributed by atoms with Crippen molar-refractivity contribution in [2.75, 3.05) is 0 Å². The zero-order valence-electron chi connectivity index (χ0n) is 18.3. The van der Waals surface area contributed by atoms with Crippen molar-refractivity contribution in [1.82, 2.24) is 0 Å². The van der Waals surface area contributed by atoms with Gasteiger partial charge in [0.1, 0.15) is 0 Å². The molecule has 0 aliphatic heterocycles. The SMILES string of the molecule is CCCCCCCCCCCCC/C=C/CCCc1ccc2ccccc2c1. The zero-order chi connectivity index (χ0) is 19.7. The minimum atomic E-state index is 1.19. The van der Waals surface area contributed by atoms with Crippen LogP contribution in [0.4, 0.5) is 0 Å².